The van der Waals surface area contributed by atoms with E-state index in [0.717, 1.165) is 42.0 Å². The zero-order valence-corrected chi connectivity index (χ0v) is 25.4. The van der Waals surface area contributed by atoms with Crippen molar-refractivity contribution in [2.24, 2.45) is 0 Å². The van der Waals surface area contributed by atoms with Crippen molar-refractivity contribution < 1.29 is 31.4 Å². The fourth-order valence-corrected chi connectivity index (χ4v) is 8.40. The van der Waals surface area contributed by atoms with Crippen molar-refractivity contribution in [3.05, 3.63) is 53.6 Å². The van der Waals surface area contributed by atoms with Crippen LogP contribution in [0.3, 0.4) is 0 Å². The molecule has 226 valence electrons. The number of rotatable bonds is 10. The monoisotopic (exact) mass is 607 g/mol. The van der Waals surface area contributed by atoms with Crippen molar-refractivity contribution in [2.45, 2.75) is 72.5 Å². The van der Waals surface area contributed by atoms with E-state index in [2.05, 4.69) is 5.32 Å². The minimum absolute atomic E-state index is 0.00665. The maximum absolute atomic E-state index is 13.4. The molecule has 41 heavy (non-hydrogen) atoms. The van der Waals surface area contributed by atoms with Crippen LogP contribution in [0.5, 0.6) is 5.75 Å². The predicted molar refractivity (Wildman–Crippen MR) is 155 cm³/mol. The molecular weight excluding hydrogens is 566 g/mol. The lowest BCUT2D eigenvalue weighted by Gasteiger charge is -2.38. The minimum Gasteiger partial charge on any atom is -0.491 e. The highest BCUT2D eigenvalue weighted by atomic mass is 32.2. The van der Waals surface area contributed by atoms with Gasteiger partial charge in [-0.2, -0.15) is 4.31 Å². The standard InChI is InChI=1S/C29H41N3O7S2/c1-31(2)40(34,35)27-9-5-8-26(17-27)38-21-25(33)19-30-24-18-29(39-20-24)12-14-32(15-13-29)41(36,37)28-11-10-22-6-3-4-7-23(22)16-28/h5,8-11,16-17,24-25,30,33H,3-4,6-7,12-15,18-21H2,1-2H3. The van der Waals surface area contributed by atoms with Crippen molar-refractivity contribution in [3.8, 4) is 5.75 Å². The van der Waals surface area contributed by atoms with Crippen LogP contribution in [0.25, 0.3) is 0 Å². The Bertz CT molecular complexity index is 1440. The number of fused-ring (bicyclic) bond motifs is 1. The number of aliphatic hydroxyl groups is 1. The lowest BCUT2D eigenvalue weighted by atomic mass is 9.88. The van der Waals surface area contributed by atoms with E-state index in [9.17, 15) is 21.9 Å². The van der Waals surface area contributed by atoms with Crippen molar-refractivity contribution in [1.29, 1.82) is 0 Å². The van der Waals surface area contributed by atoms with Crippen LogP contribution >= 0.6 is 0 Å². The zero-order chi connectivity index (χ0) is 29.3. The van der Waals surface area contributed by atoms with Crippen LogP contribution in [0.4, 0.5) is 0 Å². The first-order valence-electron chi connectivity index (χ1n) is 14.3. The summed E-state index contributed by atoms with van der Waals surface area (Å²) < 4.78 is 66.0. The van der Waals surface area contributed by atoms with Crippen molar-refractivity contribution in [1.82, 2.24) is 13.9 Å². The first-order valence-corrected chi connectivity index (χ1v) is 17.2. The number of benzene rings is 2. The second kappa shape index (κ2) is 12.3. The molecule has 1 aliphatic carbocycles. The second-order valence-corrected chi connectivity index (χ2v) is 15.7. The fraction of sp³-hybridized carbons (Fsp3) is 0.586. The van der Waals surface area contributed by atoms with E-state index in [-0.39, 0.29) is 23.1 Å². The normalized spacial score (nSPS) is 22.1. The Morgan fingerprint density at radius 2 is 1.78 bits per heavy atom. The molecule has 2 atom stereocenters. The third kappa shape index (κ3) is 6.79. The summed E-state index contributed by atoms with van der Waals surface area (Å²) in [6.07, 6.45) is 5.45. The maximum Gasteiger partial charge on any atom is 0.243 e. The molecule has 0 saturated carbocycles. The van der Waals surface area contributed by atoms with Crippen LogP contribution in [0, 0.1) is 0 Å². The molecular formula is C29H41N3O7S2. The molecule has 2 aromatic rings. The molecule has 0 aromatic heterocycles. The van der Waals surface area contributed by atoms with E-state index in [4.69, 9.17) is 9.47 Å². The summed E-state index contributed by atoms with van der Waals surface area (Å²) >= 11 is 0. The highest BCUT2D eigenvalue weighted by Crippen LogP contribution is 2.37. The van der Waals surface area contributed by atoms with Crippen molar-refractivity contribution in [3.63, 3.8) is 0 Å². The van der Waals surface area contributed by atoms with Gasteiger partial charge in [0, 0.05) is 45.8 Å². The number of piperidine rings is 1. The lowest BCUT2D eigenvalue weighted by Crippen LogP contribution is -2.47. The average Bonchev–Trinajstić information content (AvgIpc) is 3.37. The molecule has 2 unspecified atom stereocenters. The summed E-state index contributed by atoms with van der Waals surface area (Å²) in [6, 6.07) is 11.9. The number of nitrogens with one attached hydrogen (secondary N) is 1. The van der Waals surface area contributed by atoms with Gasteiger partial charge in [-0.25, -0.2) is 21.1 Å². The van der Waals surface area contributed by atoms with Gasteiger partial charge in [0.15, 0.2) is 0 Å². The largest absolute Gasteiger partial charge is 0.491 e. The number of aryl methyl sites for hydroxylation is 2. The second-order valence-electron chi connectivity index (χ2n) is 11.6. The van der Waals surface area contributed by atoms with Gasteiger partial charge in [0.25, 0.3) is 0 Å². The number of aliphatic hydroxyl groups excluding tert-OH is 1. The summed E-state index contributed by atoms with van der Waals surface area (Å²) in [4.78, 5) is 0.519. The Kier molecular flexibility index (Phi) is 9.10. The van der Waals surface area contributed by atoms with Gasteiger partial charge in [-0.3, -0.25) is 0 Å². The van der Waals surface area contributed by atoms with Crippen molar-refractivity contribution in [2.75, 3.05) is 46.9 Å². The summed E-state index contributed by atoms with van der Waals surface area (Å²) in [5, 5.41) is 13.8. The van der Waals surface area contributed by atoms with Crippen LogP contribution in [-0.4, -0.2) is 95.2 Å². The van der Waals surface area contributed by atoms with E-state index >= 15 is 0 Å². The number of hydrogen-bond donors (Lipinski definition) is 2. The summed E-state index contributed by atoms with van der Waals surface area (Å²) in [7, 11) is -4.18. The Morgan fingerprint density at radius 3 is 2.51 bits per heavy atom. The van der Waals surface area contributed by atoms with Gasteiger partial charge in [-0.05, 0) is 80.3 Å². The SMILES string of the molecule is CN(C)S(=O)(=O)c1cccc(OCC(O)CNC2COC3(CCN(S(=O)(=O)c4ccc5c(c4)CCCC5)CC3)C2)c1. The van der Waals surface area contributed by atoms with Crippen molar-refractivity contribution >= 4 is 20.0 Å². The van der Waals surface area contributed by atoms with E-state index in [1.54, 1.807) is 22.5 Å². The molecule has 3 aliphatic rings. The Balaban J connectivity index is 1.08. The quantitative estimate of drug-likeness (QED) is 0.421. The third-order valence-electron chi connectivity index (χ3n) is 8.47. The predicted octanol–water partition coefficient (Wildman–Crippen LogP) is 2.16. The van der Waals surface area contributed by atoms with E-state index in [1.165, 1.54) is 31.8 Å². The lowest BCUT2D eigenvalue weighted by molar-refractivity contribution is -0.0312. The van der Waals surface area contributed by atoms with Crippen LogP contribution in [0.2, 0.25) is 0 Å². The zero-order valence-electron chi connectivity index (χ0n) is 23.8. The number of sulfonamides is 2. The van der Waals surface area contributed by atoms with Crippen LogP contribution in [-0.2, 0) is 37.6 Å². The molecule has 10 nitrogen and oxygen atoms in total. The molecule has 2 heterocycles. The highest BCUT2D eigenvalue weighted by Gasteiger charge is 2.44. The molecule has 0 bridgehead atoms. The third-order valence-corrected chi connectivity index (χ3v) is 12.2. The molecule has 2 aliphatic heterocycles. The molecule has 12 heteroatoms. The molecule has 0 radical (unpaired) electrons. The molecule has 1 spiro atoms. The van der Waals surface area contributed by atoms with Gasteiger partial charge < -0.3 is 19.9 Å². The molecule has 2 aromatic carbocycles. The highest BCUT2D eigenvalue weighted by molar-refractivity contribution is 7.89. The van der Waals surface area contributed by atoms with Crippen LogP contribution < -0.4 is 10.1 Å². The summed E-state index contributed by atoms with van der Waals surface area (Å²) in [6.45, 7) is 1.64. The fourth-order valence-electron chi connectivity index (χ4n) is 5.97. The Morgan fingerprint density at radius 1 is 1.05 bits per heavy atom. The minimum atomic E-state index is -3.57. The van der Waals surface area contributed by atoms with Gasteiger partial charge in [0.1, 0.15) is 18.5 Å². The van der Waals surface area contributed by atoms with Gasteiger partial charge >= 0.3 is 0 Å². The first-order chi connectivity index (χ1) is 19.5. The van der Waals surface area contributed by atoms with Gasteiger partial charge in [0.05, 0.1) is 22.0 Å². The molecule has 5 rings (SSSR count). The Labute approximate surface area is 243 Å². The first kappa shape index (κ1) is 30.4. The van der Waals surface area contributed by atoms with Gasteiger partial charge in [-0.1, -0.05) is 12.1 Å². The average molecular weight is 608 g/mol. The smallest absolute Gasteiger partial charge is 0.243 e. The number of nitrogens with zero attached hydrogens (tertiary/aromatic N) is 2. The van der Waals surface area contributed by atoms with Gasteiger partial charge in [-0.15, -0.1) is 0 Å². The van der Waals surface area contributed by atoms with E-state index in [0.29, 0.717) is 49.7 Å². The van der Waals surface area contributed by atoms with Crippen LogP contribution in [0.15, 0.2) is 52.3 Å². The topological polar surface area (TPSA) is 125 Å². The van der Waals surface area contributed by atoms with E-state index in [1.807, 2.05) is 12.1 Å². The Hall–Kier alpha value is -2.06. The molecule has 2 saturated heterocycles. The molecule has 2 fully saturated rings. The maximum atomic E-state index is 13.4. The van der Waals surface area contributed by atoms with E-state index < -0.39 is 26.2 Å². The number of ether oxygens (including phenoxy) is 2. The summed E-state index contributed by atoms with van der Waals surface area (Å²) in [5.41, 5.74) is 2.07. The molecule has 0 amide bonds. The summed E-state index contributed by atoms with van der Waals surface area (Å²) in [5.74, 6) is 0.368. The van der Waals surface area contributed by atoms with Crippen LogP contribution in [0.1, 0.15) is 43.2 Å². The molecule has 2 N–H and O–H groups in total. The van der Waals surface area contributed by atoms with Gasteiger partial charge in [0.2, 0.25) is 20.0 Å². The number of hydrogen-bond acceptors (Lipinski definition) is 8.